The summed E-state index contributed by atoms with van der Waals surface area (Å²) in [6.45, 7) is 3.15. The van der Waals surface area contributed by atoms with Gasteiger partial charge in [-0.05, 0) is 37.3 Å². The van der Waals surface area contributed by atoms with Gasteiger partial charge in [-0.2, -0.15) is 0 Å². The van der Waals surface area contributed by atoms with E-state index in [0.29, 0.717) is 18.7 Å². The average molecular weight is 314 g/mol. The molecule has 1 saturated heterocycles. The van der Waals surface area contributed by atoms with Gasteiger partial charge in [0.15, 0.2) is 0 Å². The number of ether oxygens (including phenoxy) is 1. The Morgan fingerprint density at radius 1 is 1.26 bits per heavy atom. The third-order valence-corrected chi connectivity index (χ3v) is 3.99. The van der Waals surface area contributed by atoms with E-state index in [4.69, 9.17) is 4.74 Å². The number of likely N-dealkylation sites (tertiary alicyclic amines) is 1. The molecule has 23 heavy (non-hydrogen) atoms. The van der Waals surface area contributed by atoms with Gasteiger partial charge in [0.2, 0.25) is 0 Å². The van der Waals surface area contributed by atoms with E-state index < -0.39 is 0 Å². The molecular formula is C18H19FN2O2. The van der Waals surface area contributed by atoms with Crippen molar-refractivity contribution in [2.24, 2.45) is 0 Å². The molecule has 0 spiro atoms. The Morgan fingerprint density at radius 3 is 2.70 bits per heavy atom. The smallest absolute Gasteiger partial charge is 0.253 e. The normalized spacial score (nSPS) is 15.5. The average Bonchev–Trinajstić information content (AvgIpc) is 2.57. The van der Waals surface area contributed by atoms with Crippen LogP contribution >= 0.6 is 0 Å². The number of pyridine rings is 1. The molecule has 120 valence electrons. The van der Waals surface area contributed by atoms with Crippen molar-refractivity contribution in [1.82, 2.24) is 9.88 Å². The van der Waals surface area contributed by atoms with Crippen LogP contribution in [-0.2, 0) is 0 Å². The van der Waals surface area contributed by atoms with Crippen LogP contribution in [0.5, 0.6) is 5.75 Å². The molecular weight excluding hydrogens is 295 g/mol. The number of halogens is 1. The Morgan fingerprint density at radius 2 is 2.04 bits per heavy atom. The maximum Gasteiger partial charge on any atom is 0.253 e. The van der Waals surface area contributed by atoms with Crippen molar-refractivity contribution in [3.05, 3.63) is 59.7 Å². The summed E-state index contributed by atoms with van der Waals surface area (Å²) < 4.78 is 19.1. The van der Waals surface area contributed by atoms with E-state index >= 15 is 0 Å². The first-order chi connectivity index (χ1) is 11.1. The summed E-state index contributed by atoms with van der Waals surface area (Å²) in [6.07, 6.45) is 3.32. The third-order valence-electron chi connectivity index (χ3n) is 3.99. The quantitative estimate of drug-likeness (QED) is 0.873. The molecule has 0 unspecified atom stereocenters. The highest BCUT2D eigenvalue weighted by atomic mass is 19.1. The minimum Gasteiger partial charge on any atom is -0.489 e. The number of piperidine rings is 1. The maximum atomic E-state index is 13.2. The first kappa shape index (κ1) is 15.5. The number of aromatic nitrogens is 1. The van der Waals surface area contributed by atoms with E-state index in [1.807, 2.05) is 19.1 Å². The monoisotopic (exact) mass is 314 g/mol. The number of nitrogens with zero attached hydrogens (tertiary/aromatic N) is 2. The minimum absolute atomic E-state index is 0.0797. The van der Waals surface area contributed by atoms with Gasteiger partial charge in [-0.1, -0.05) is 6.07 Å². The van der Waals surface area contributed by atoms with Gasteiger partial charge < -0.3 is 9.64 Å². The maximum absolute atomic E-state index is 13.2. The van der Waals surface area contributed by atoms with Crippen molar-refractivity contribution >= 4 is 5.91 Å². The van der Waals surface area contributed by atoms with Crippen LogP contribution in [0.25, 0.3) is 0 Å². The Labute approximate surface area is 134 Å². The highest BCUT2D eigenvalue weighted by Gasteiger charge is 2.24. The van der Waals surface area contributed by atoms with Gasteiger partial charge in [-0.25, -0.2) is 4.39 Å². The zero-order valence-corrected chi connectivity index (χ0v) is 13.0. The lowest BCUT2D eigenvalue weighted by Crippen LogP contribution is -2.41. The lowest BCUT2D eigenvalue weighted by atomic mass is 10.1. The second-order valence-corrected chi connectivity index (χ2v) is 5.76. The predicted molar refractivity (Wildman–Crippen MR) is 84.9 cm³/mol. The molecule has 4 nitrogen and oxygen atoms in total. The van der Waals surface area contributed by atoms with E-state index in [2.05, 4.69) is 4.98 Å². The van der Waals surface area contributed by atoms with Crippen LogP contribution in [0.3, 0.4) is 0 Å². The molecule has 3 rings (SSSR count). The Hall–Kier alpha value is -2.43. The number of hydrogen-bond donors (Lipinski definition) is 0. The van der Waals surface area contributed by atoms with Crippen molar-refractivity contribution in [2.45, 2.75) is 25.9 Å². The summed E-state index contributed by atoms with van der Waals surface area (Å²) in [4.78, 5) is 18.3. The van der Waals surface area contributed by atoms with Crippen molar-refractivity contribution in [3.63, 3.8) is 0 Å². The molecule has 0 bridgehead atoms. The van der Waals surface area contributed by atoms with Crippen LogP contribution in [0.2, 0.25) is 0 Å². The van der Waals surface area contributed by atoms with Gasteiger partial charge in [0.05, 0.1) is 6.20 Å². The number of carbonyl (C=O) groups excluding carboxylic acids is 1. The fourth-order valence-corrected chi connectivity index (χ4v) is 2.70. The Bertz CT molecular complexity index is 680. The van der Waals surface area contributed by atoms with Crippen molar-refractivity contribution in [2.75, 3.05) is 13.1 Å². The van der Waals surface area contributed by atoms with Crippen LogP contribution < -0.4 is 4.74 Å². The largest absolute Gasteiger partial charge is 0.489 e. The summed E-state index contributed by atoms with van der Waals surface area (Å²) in [5.74, 6) is 0.242. The fourth-order valence-electron chi connectivity index (χ4n) is 2.70. The number of rotatable bonds is 3. The lowest BCUT2D eigenvalue weighted by molar-refractivity contribution is 0.0594. The summed E-state index contributed by atoms with van der Waals surface area (Å²) in [6, 6.07) is 9.65. The fraction of sp³-hybridized carbons (Fsp3) is 0.333. The SMILES string of the molecule is Cc1ccc(OC2CCN(C(=O)c3cccc(F)c3)CC2)cn1. The van der Waals surface area contributed by atoms with E-state index in [0.717, 1.165) is 24.3 Å². The molecule has 1 amide bonds. The predicted octanol–water partition coefficient (Wildman–Crippen LogP) is 3.21. The van der Waals surface area contributed by atoms with Gasteiger partial charge in [0.1, 0.15) is 17.7 Å². The summed E-state index contributed by atoms with van der Waals surface area (Å²) in [5.41, 5.74) is 1.35. The van der Waals surface area contributed by atoms with Crippen molar-refractivity contribution in [1.29, 1.82) is 0 Å². The molecule has 1 aliphatic heterocycles. The molecule has 5 heteroatoms. The second-order valence-electron chi connectivity index (χ2n) is 5.76. The third kappa shape index (κ3) is 3.86. The highest BCUT2D eigenvalue weighted by molar-refractivity contribution is 5.94. The summed E-state index contributed by atoms with van der Waals surface area (Å²) in [7, 11) is 0. The molecule has 0 saturated carbocycles. The molecule has 0 N–H and O–H groups in total. The van der Waals surface area contributed by atoms with Gasteiger partial charge in [0, 0.05) is 37.2 Å². The Balaban J connectivity index is 1.55. The molecule has 0 atom stereocenters. The van der Waals surface area contributed by atoms with Crippen LogP contribution in [-0.4, -0.2) is 35.0 Å². The van der Waals surface area contributed by atoms with E-state index in [9.17, 15) is 9.18 Å². The van der Waals surface area contributed by atoms with Gasteiger partial charge >= 0.3 is 0 Å². The molecule has 2 heterocycles. The Kier molecular flexibility index (Phi) is 4.55. The highest BCUT2D eigenvalue weighted by Crippen LogP contribution is 2.20. The van der Waals surface area contributed by atoms with E-state index in [-0.39, 0.29) is 17.8 Å². The standard InChI is InChI=1S/C18H19FN2O2/c1-13-5-6-17(12-20-13)23-16-7-9-21(10-8-16)18(22)14-3-2-4-15(19)11-14/h2-6,11-12,16H,7-10H2,1H3. The lowest BCUT2D eigenvalue weighted by Gasteiger charge is -2.32. The second kappa shape index (κ2) is 6.77. The van der Waals surface area contributed by atoms with Crippen molar-refractivity contribution in [3.8, 4) is 5.75 Å². The minimum atomic E-state index is -0.388. The summed E-state index contributed by atoms with van der Waals surface area (Å²) in [5, 5.41) is 0. The van der Waals surface area contributed by atoms with Crippen LogP contribution in [0, 0.1) is 12.7 Å². The number of carbonyl (C=O) groups is 1. The van der Waals surface area contributed by atoms with Crippen LogP contribution in [0.1, 0.15) is 28.9 Å². The van der Waals surface area contributed by atoms with E-state index in [1.165, 1.54) is 12.1 Å². The topological polar surface area (TPSA) is 42.4 Å². The number of benzene rings is 1. The van der Waals surface area contributed by atoms with Gasteiger partial charge in [-0.3, -0.25) is 9.78 Å². The van der Waals surface area contributed by atoms with Crippen molar-refractivity contribution < 1.29 is 13.9 Å². The van der Waals surface area contributed by atoms with E-state index in [1.54, 1.807) is 23.2 Å². The van der Waals surface area contributed by atoms with Crippen LogP contribution in [0.15, 0.2) is 42.6 Å². The molecule has 2 aromatic rings. The van der Waals surface area contributed by atoms with Gasteiger partial charge in [0.25, 0.3) is 5.91 Å². The number of amides is 1. The molecule has 0 radical (unpaired) electrons. The first-order valence-electron chi connectivity index (χ1n) is 7.76. The molecule has 1 aliphatic rings. The zero-order valence-electron chi connectivity index (χ0n) is 13.0. The number of aryl methyl sites for hydroxylation is 1. The molecule has 1 aromatic carbocycles. The molecule has 1 fully saturated rings. The first-order valence-corrected chi connectivity index (χ1v) is 7.76. The summed E-state index contributed by atoms with van der Waals surface area (Å²) >= 11 is 0. The van der Waals surface area contributed by atoms with Gasteiger partial charge in [-0.15, -0.1) is 0 Å². The number of hydrogen-bond acceptors (Lipinski definition) is 3. The van der Waals surface area contributed by atoms with Crippen LogP contribution in [0.4, 0.5) is 4.39 Å². The molecule has 0 aliphatic carbocycles. The molecule has 1 aromatic heterocycles. The zero-order chi connectivity index (χ0) is 16.2.